The van der Waals surface area contributed by atoms with E-state index in [0.717, 1.165) is 48.6 Å². The molecule has 0 unspecified atom stereocenters. The van der Waals surface area contributed by atoms with Gasteiger partial charge in [0.1, 0.15) is 0 Å². The Labute approximate surface area is 130 Å². The molecule has 3 heteroatoms. The van der Waals surface area contributed by atoms with E-state index in [9.17, 15) is 4.79 Å². The molecule has 0 saturated heterocycles. The van der Waals surface area contributed by atoms with Crippen molar-refractivity contribution in [3.63, 3.8) is 0 Å². The summed E-state index contributed by atoms with van der Waals surface area (Å²) in [5, 5.41) is 4.89. The monoisotopic (exact) mass is 293 g/mol. The van der Waals surface area contributed by atoms with E-state index in [1.54, 1.807) is 0 Å². The second kappa shape index (κ2) is 6.11. The van der Waals surface area contributed by atoms with Gasteiger partial charge >= 0.3 is 6.09 Å². The molecule has 0 atom stereocenters. The third kappa shape index (κ3) is 2.92. The van der Waals surface area contributed by atoms with Crippen molar-refractivity contribution in [1.82, 2.24) is 0 Å². The van der Waals surface area contributed by atoms with E-state index < -0.39 is 11.7 Å². The first-order chi connectivity index (χ1) is 10.7. The van der Waals surface area contributed by atoms with Gasteiger partial charge < -0.3 is 4.74 Å². The molecule has 3 rings (SSSR count). The number of fused-ring (bicyclic) bond motifs is 1. The summed E-state index contributed by atoms with van der Waals surface area (Å²) in [4.78, 5) is 12.3. The second-order valence-corrected chi connectivity index (χ2v) is 5.74. The smallest absolute Gasteiger partial charge is 0.413 e. The maximum absolute atomic E-state index is 12.3. The maximum atomic E-state index is 12.3. The van der Waals surface area contributed by atoms with Crippen LogP contribution in [0, 0.1) is 12.3 Å². The van der Waals surface area contributed by atoms with Gasteiger partial charge in [-0.05, 0) is 37.1 Å². The number of carbonyl (C=O) groups excluding carboxylic acids is 1. The van der Waals surface area contributed by atoms with Gasteiger partial charge in [0.05, 0.1) is 5.69 Å². The minimum Gasteiger partial charge on any atom is -0.429 e. The van der Waals surface area contributed by atoms with Crippen LogP contribution in [0.15, 0.2) is 42.5 Å². The third-order valence-corrected chi connectivity index (χ3v) is 4.24. The van der Waals surface area contributed by atoms with Crippen molar-refractivity contribution in [2.75, 3.05) is 5.32 Å². The highest BCUT2D eigenvalue weighted by Gasteiger charge is 2.34. The molecule has 0 spiro atoms. The van der Waals surface area contributed by atoms with Crippen molar-refractivity contribution in [2.24, 2.45) is 0 Å². The molecule has 0 aliphatic heterocycles. The van der Waals surface area contributed by atoms with Gasteiger partial charge in [0.15, 0.2) is 5.60 Å². The zero-order valence-corrected chi connectivity index (χ0v) is 12.5. The zero-order chi connectivity index (χ0) is 15.4. The number of terminal acetylenes is 1. The Bertz CT molecular complexity index is 718. The van der Waals surface area contributed by atoms with Gasteiger partial charge in [-0.3, -0.25) is 5.32 Å². The number of nitrogens with one attached hydrogen (secondary N) is 1. The van der Waals surface area contributed by atoms with Gasteiger partial charge in [-0.25, -0.2) is 4.79 Å². The molecule has 3 nitrogen and oxygen atoms in total. The summed E-state index contributed by atoms with van der Waals surface area (Å²) < 4.78 is 5.59. The van der Waals surface area contributed by atoms with E-state index in [1.165, 1.54) is 0 Å². The Balaban J connectivity index is 1.77. The molecule has 112 valence electrons. The lowest BCUT2D eigenvalue weighted by molar-refractivity contribution is 0.0365. The SMILES string of the molecule is C#CC1(OC(=O)Nc2cccc3ccccc23)CCCCC1. The summed E-state index contributed by atoms with van der Waals surface area (Å²) in [6, 6.07) is 13.7. The number of amides is 1. The fourth-order valence-corrected chi connectivity index (χ4v) is 3.05. The van der Waals surface area contributed by atoms with Gasteiger partial charge in [0, 0.05) is 5.39 Å². The van der Waals surface area contributed by atoms with Crippen LogP contribution >= 0.6 is 0 Å². The van der Waals surface area contributed by atoms with Crippen LogP contribution < -0.4 is 5.32 Å². The standard InChI is InChI=1S/C19H19NO2/c1-2-19(13-6-3-7-14-19)22-18(21)20-17-12-8-10-15-9-4-5-11-16(15)17/h1,4-5,8-12H,3,6-7,13-14H2,(H,20,21). The van der Waals surface area contributed by atoms with E-state index in [1.807, 2.05) is 42.5 Å². The molecule has 1 saturated carbocycles. The lowest BCUT2D eigenvalue weighted by atomic mass is 9.85. The van der Waals surface area contributed by atoms with Crippen molar-refractivity contribution in [3.8, 4) is 12.3 Å². The predicted molar refractivity (Wildman–Crippen MR) is 88.7 cm³/mol. The Morgan fingerprint density at radius 2 is 1.82 bits per heavy atom. The summed E-state index contributed by atoms with van der Waals surface area (Å²) in [5.74, 6) is 2.69. The second-order valence-electron chi connectivity index (χ2n) is 5.74. The van der Waals surface area contributed by atoms with Gasteiger partial charge in [0.2, 0.25) is 0 Å². The minimum absolute atomic E-state index is 0.476. The molecule has 22 heavy (non-hydrogen) atoms. The van der Waals surface area contributed by atoms with Gasteiger partial charge in [0.25, 0.3) is 0 Å². The number of ether oxygens (including phenoxy) is 1. The van der Waals surface area contributed by atoms with Crippen LogP contribution in [-0.2, 0) is 4.74 Å². The fourth-order valence-electron chi connectivity index (χ4n) is 3.05. The number of carbonyl (C=O) groups is 1. The minimum atomic E-state index is -0.743. The molecule has 2 aromatic rings. The van der Waals surface area contributed by atoms with E-state index in [0.29, 0.717) is 0 Å². The van der Waals surface area contributed by atoms with Crippen LogP contribution in [0.25, 0.3) is 10.8 Å². The van der Waals surface area contributed by atoms with Crippen LogP contribution in [0.5, 0.6) is 0 Å². The average Bonchev–Trinajstić information content (AvgIpc) is 2.56. The summed E-state index contributed by atoms with van der Waals surface area (Å²) in [7, 11) is 0. The average molecular weight is 293 g/mol. The molecule has 1 amide bonds. The summed E-state index contributed by atoms with van der Waals surface area (Å²) in [6.45, 7) is 0. The third-order valence-electron chi connectivity index (χ3n) is 4.24. The highest BCUT2D eigenvalue weighted by molar-refractivity contribution is 6.00. The Kier molecular flexibility index (Phi) is 4.02. The molecule has 0 aromatic heterocycles. The van der Waals surface area contributed by atoms with E-state index in [-0.39, 0.29) is 0 Å². The topological polar surface area (TPSA) is 38.3 Å². The lowest BCUT2D eigenvalue weighted by Gasteiger charge is -2.31. The number of benzene rings is 2. The molecule has 1 fully saturated rings. The van der Waals surface area contributed by atoms with Crippen LogP contribution in [0.4, 0.5) is 10.5 Å². The summed E-state index contributed by atoms with van der Waals surface area (Å²) in [5.41, 5.74) is -0.00140. The number of rotatable bonds is 2. The number of anilines is 1. The van der Waals surface area contributed by atoms with Crippen molar-refractivity contribution in [3.05, 3.63) is 42.5 Å². The predicted octanol–water partition coefficient (Wildman–Crippen LogP) is 4.72. The van der Waals surface area contributed by atoms with Crippen molar-refractivity contribution >= 4 is 22.6 Å². The van der Waals surface area contributed by atoms with Crippen LogP contribution in [-0.4, -0.2) is 11.7 Å². The molecular formula is C19H19NO2. The molecule has 1 aliphatic rings. The van der Waals surface area contributed by atoms with Gasteiger partial charge in [-0.1, -0.05) is 48.7 Å². The Hall–Kier alpha value is -2.47. The molecule has 0 radical (unpaired) electrons. The normalized spacial score (nSPS) is 16.7. The fraction of sp³-hybridized carbons (Fsp3) is 0.316. The first-order valence-corrected chi connectivity index (χ1v) is 7.68. The first kappa shape index (κ1) is 14.5. The van der Waals surface area contributed by atoms with Gasteiger partial charge in [-0.15, -0.1) is 6.42 Å². The van der Waals surface area contributed by atoms with Crippen LogP contribution in [0.1, 0.15) is 32.1 Å². The molecular weight excluding hydrogens is 274 g/mol. The highest BCUT2D eigenvalue weighted by Crippen LogP contribution is 2.32. The van der Waals surface area contributed by atoms with Crippen molar-refractivity contribution < 1.29 is 9.53 Å². The quantitative estimate of drug-likeness (QED) is 0.813. The maximum Gasteiger partial charge on any atom is 0.413 e. The van der Waals surface area contributed by atoms with Crippen LogP contribution in [0.3, 0.4) is 0 Å². The first-order valence-electron chi connectivity index (χ1n) is 7.68. The summed E-state index contributed by atoms with van der Waals surface area (Å²) in [6.07, 6.45) is 9.79. The van der Waals surface area contributed by atoms with Crippen molar-refractivity contribution in [2.45, 2.75) is 37.7 Å². The molecule has 0 heterocycles. The summed E-state index contributed by atoms with van der Waals surface area (Å²) >= 11 is 0. The van der Waals surface area contributed by atoms with E-state index >= 15 is 0 Å². The zero-order valence-electron chi connectivity index (χ0n) is 12.5. The largest absolute Gasteiger partial charge is 0.429 e. The van der Waals surface area contributed by atoms with E-state index in [2.05, 4.69) is 11.2 Å². The van der Waals surface area contributed by atoms with Crippen LogP contribution in [0.2, 0.25) is 0 Å². The van der Waals surface area contributed by atoms with Gasteiger partial charge in [-0.2, -0.15) is 0 Å². The molecule has 0 bridgehead atoms. The number of hydrogen-bond acceptors (Lipinski definition) is 2. The van der Waals surface area contributed by atoms with Crippen molar-refractivity contribution in [1.29, 1.82) is 0 Å². The molecule has 2 aromatic carbocycles. The molecule has 1 N–H and O–H groups in total. The lowest BCUT2D eigenvalue weighted by Crippen LogP contribution is -2.37. The Morgan fingerprint density at radius 1 is 1.09 bits per heavy atom. The number of hydrogen-bond donors (Lipinski definition) is 1. The molecule has 1 aliphatic carbocycles. The van der Waals surface area contributed by atoms with E-state index in [4.69, 9.17) is 11.2 Å². The highest BCUT2D eigenvalue weighted by atomic mass is 16.6. The Morgan fingerprint density at radius 3 is 2.59 bits per heavy atom.